The van der Waals surface area contributed by atoms with Gasteiger partial charge in [0, 0.05) is 12.8 Å². The molecule has 0 aromatic heterocycles. The van der Waals surface area contributed by atoms with Gasteiger partial charge in [-0.2, -0.15) is 0 Å². The summed E-state index contributed by atoms with van der Waals surface area (Å²) < 4.78 is 5.48. The average molecular weight is 1100 g/mol. The number of aliphatic hydroxyl groups is 2. The van der Waals surface area contributed by atoms with Crippen LogP contribution >= 0.6 is 0 Å². The van der Waals surface area contributed by atoms with Crippen LogP contribution in [0.5, 0.6) is 0 Å². The van der Waals surface area contributed by atoms with Gasteiger partial charge < -0.3 is 20.3 Å². The Morgan fingerprint density at radius 2 is 0.526 bits per heavy atom. The lowest BCUT2D eigenvalue weighted by Gasteiger charge is -2.22. The largest absolute Gasteiger partial charge is 0.466 e. The van der Waals surface area contributed by atoms with Gasteiger partial charge in [0.1, 0.15) is 0 Å². The summed E-state index contributed by atoms with van der Waals surface area (Å²) in [5, 5.41) is 23.4. The zero-order valence-electron chi connectivity index (χ0n) is 53.4. The number of carbonyl (C=O) groups excluding carboxylic acids is 2. The van der Waals surface area contributed by atoms with Crippen molar-refractivity contribution in [1.82, 2.24) is 5.32 Å². The number of nitrogens with one attached hydrogen (secondary N) is 1. The Labute approximate surface area is 489 Å². The highest BCUT2D eigenvalue weighted by molar-refractivity contribution is 5.76. The summed E-state index contributed by atoms with van der Waals surface area (Å²) in [6, 6.07) is -0.539. The highest BCUT2D eigenvalue weighted by Crippen LogP contribution is 2.20. The van der Waals surface area contributed by atoms with E-state index in [1.54, 1.807) is 0 Å². The number of aliphatic hydroxyl groups excluding tert-OH is 2. The Bertz CT molecular complexity index is 1130. The molecule has 3 N–H and O–H groups in total. The molecule has 0 fully saturated rings. The molecular weight excluding hydrogens is 959 g/mol. The van der Waals surface area contributed by atoms with Crippen molar-refractivity contribution < 1.29 is 24.5 Å². The average Bonchev–Trinajstić information content (AvgIpc) is 3.44. The first kappa shape index (κ1) is 76.9. The zero-order chi connectivity index (χ0) is 56.4. The van der Waals surface area contributed by atoms with E-state index in [-0.39, 0.29) is 18.5 Å². The second-order valence-corrected chi connectivity index (χ2v) is 25.3. The molecule has 0 radical (unpaired) electrons. The van der Waals surface area contributed by atoms with E-state index in [4.69, 9.17) is 4.74 Å². The Morgan fingerprint density at radius 3 is 0.782 bits per heavy atom. The van der Waals surface area contributed by atoms with Crippen molar-refractivity contribution in [2.75, 3.05) is 13.2 Å². The number of hydrogen-bond acceptors (Lipinski definition) is 5. The lowest BCUT2D eigenvalue weighted by molar-refractivity contribution is -0.143. The molecule has 1 amide bonds. The Balaban J connectivity index is 3.35. The van der Waals surface area contributed by atoms with Crippen LogP contribution in [0.25, 0.3) is 0 Å². The van der Waals surface area contributed by atoms with Crippen LogP contribution in [0, 0.1) is 0 Å². The fourth-order valence-electron chi connectivity index (χ4n) is 11.9. The molecule has 466 valence electrons. The van der Waals surface area contributed by atoms with E-state index >= 15 is 0 Å². The molecule has 0 aliphatic heterocycles. The highest BCUT2D eigenvalue weighted by Gasteiger charge is 2.20. The summed E-state index contributed by atoms with van der Waals surface area (Å²) >= 11 is 0. The van der Waals surface area contributed by atoms with Crippen molar-refractivity contribution in [3.05, 3.63) is 0 Å². The van der Waals surface area contributed by atoms with Gasteiger partial charge in [-0.05, 0) is 25.7 Å². The van der Waals surface area contributed by atoms with Crippen molar-refractivity contribution in [2.24, 2.45) is 0 Å². The van der Waals surface area contributed by atoms with E-state index in [1.165, 1.54) is 353 Å². The summed E-state index contributed by atoms with van der Waals surface area (Å²) in [6.07, 6.45) is 83.0. The van der Waals surface area contributed by atoms with Crippen LogP contribution in [0.3, 0.4) is 0 Å². The smallest absolute Gasteiger partial charge is 0.305 e. The minimum absolute atomic E-state index is 0.0191. The Kier molecular flexibility index (Phi) is 67.4. The highest BCUT2D eigenvalue weighted by atomic mass is 16.5. The lowest BCUT2D eigenvalue weighted by Crippen LogP contribution is -2.45. The number of rotatable bonds is 69. The summed E-state index contributed by atoms with van der Waals surface area (Å²) in [5.41, 5.74) is 0. The summed E-state index contributed by atoms with van der Waals surface area (Å²) in [7, 11) is 0. The van der Waals surface area contributed by atoms with Gasteiger partial charge in [0.25, 0.3) is 0 Å². The third kappa shape index (κ3) is 64.0. The van der Waals surface area contributed by atoms with Gasteiger partial charge in [-0.25, -0.2) is 0 Å². The van der Waals surface area contributed by atoms with Gasteiger partial charge in [0.15, 0.2) is 0 Å². The van der Waals surface area contributed by atoms with E-state index in [0.29, 0.717) is 25.9 Å². The molecule has 78 heavy (non-hydrogen) atoms. The molecular formula is C72H143NO5. The van der Waals surface area contributed by atoms with Crippen molar-refractivity contribution in [2.45, 2.75) is 437 Å². The van der Waals surface area contributed by atoms with Gasteiger partial charge in [0.05, 0.1) is 25.4 Å². The maximum Gasteiger partial charge on any atom is 0.305 e. The third-order valence-electron chi connectivity index (χ3n) is 17.4. The Hall–Kier alpha value is -1.14. The molecule has 6 nitrogen and oxygen atoms in total. The first-order chi connectivity index (χ1) is 38.5. The molecule has 2 atom stereocenters. The van der Waals surface area contributed by atoms with Crippen molar-refractivity contribution >= 4 is 11.9 Å². The monoisotopic (exact) mass is 1100 g/mol. The van der Waals surface area contributed by atoms with E-state index < -0.39 is 12.1 Å². The fraction of sp³-hybridized carbons (Fsp3) is 0.972. The number of amides is 1. The van der Waals surface area contributed by atoms with Crippen LogP contribution in [0.15, 0.2) is 0 Å². The molecule has 0 aliphatic rings. The molecule has 0 heterocycles. The van der Waals surface area contributed by atoms with E-state index in [1.807, 2.05) is 0 Å². The van der Waals surface area contributed by atoms with Gasteiger partial charge in [-0.15, -0.1) is 0 Å². The quantitative estimate of drug-likeness (QED) is 0.0417. The van der Waals surface area contributed by atoms with Gasteiger partial charge in [-0.3, -0.25) is 9.59 Å². The number of ether oxygens (including phenoxy) is 1. The first-order valence-electron chi connectivity index (χ1n) is 36.3. The molecule has 6 heteroatoms. The van der Waals surface area contributed by atoms with Gasteiger partial charge >= 0.3 is 5.97 Å². The predicted octanol–water partition coefficient (Wildman–Crippen LogP) is 23.4. The van der Waals surface area contributed by atoms with Crippen LogP contribution in [0.2, 0.25) is 0 Å². The maximum atomic E-state index is 12.6. The number of esters is 1. The molecule has 0 bridgehead atoms. The molecule has 0 aromatic carbocycles. The van der Waals surface area contributed by atoms with E-state index in [9.17, 15) is 19.8 Å². The van der Waals surface area contributed by atoms with Gasteiger partial charge in [0.2, 0.25) is 5.91 Å². The standard InChI is InChI=1S/C72H143NO5/c1-3-5-7-9-11-13-15-16-17-18-19-20-26-29-32-35-38-41-45-48-52-56-60-64-70(75)69(68-74)73-71(76)65-61-57-53-49-46-42-39-36-33-30-27-24-22-21-23-25-28-31-34-37-40-43-47-51-55-59-63-67-78-72(77)66-62-58-54-50-44-14-12-10-8-6-4-2/h69-70,74-75H,3-68H2,1-2H3,(H,73,76). The topological polar surface area (TPSA) is 95.9 Å². The maximum absolute atomic E-state index is 12.6. The molecule has 0 aromatic rings. The van der Waals surface area contributed by atoms with Crippen LogP contribution in [0.1, 0.15) is 425 Å². The molecule has 0 rings (SSSR count). The minimum atomic E-state index is -0.662. The van der Waals surface area contributed by atoms with Crippen LogP contribution in [0.4, 0.5) is 0 Å². The SMILES string of the molecule is CCCCCCCCCCCCCCCCCCCCCCCCCC(O)C(CO)NC(=O)CCCCCCCCCCCCCCCCCCCCCCCCCCCCCOC(=O)CCCCCCCCCCCCC. The first-order valence-corrected chi connectivity index (χ1v) is 36.3. The zero-order valence-corrected chi connectivity index (χ0v) is 53.4. The van der Waals surface area contributed by atoms with Crippen molar-refractivity contribution in [3.8, 4) is 0 Å². The fourth-order valence-corrected chi connectivity index (χ4v) is 11.9. The number of hydrogen-bond donors (Lipinski definition) is 3. The van der Waals surface area contributed by atoms with Gasteiger partial charge in [-0.1, -0.05) is 386 Å². The molecule has 0 saturated carbocycles. The van der Waals surface area contributed by atoms with Crippen LogP contribution in [-0.2, 0) is 14.3 Å². The predicted molar refractivity (Wildman–Crippen MR) is 343 cm³/mol. The third-order valence-corrected chi connectivity index (χ3v) is 17.4. The summed E-state index contributed by atoms with van der Waals surface area (Å²) in [6.45, 7) is 5.00. The number of carbonyl (C=O) groups is 2. The van der Waals surface area contributed by atoms with Crippen LogP contribution < -0.4 is 5.32 Å². The molecule has 2 unspecified atom stereocenters. The minimum Gasteiger partial charge on any atom is -0.466 e. The number of unbranched alkanes of at least 4 members (excludes halogenated alkanes) is 58. The second kappa shape index (κ2) is 68.4. The molecule has 0 saturated heterocycles. The lowest BCUT2D eigenvalue weighted by atomic mass is 10.0. The summed E-state index contributed by atoms with van der Waals surface area (Å²) in [5.74, 6) is -0.00717. The van der Waals surface area contributed by atoms with E-state index in [2.05, 4.69) is 19.2 Å². The summed E-state index contributed by atoms with van der Waals surface area (Å²) in [4.78, 5) is 24.6. The Morgan fingerprint density at radius 1 is 0.308 bits per heavy atom. The second-order valence-electron chi connectivity index (χ2n) is 25.3. The normalized spacial score (nSPS) is 12.4. The van der Waals surface area contributed by atoms with Crippen molar-refractivity contribution in [1.29, 1.82) is 0 Å². The van der Waals surface area contributed by atoms with Crippen LogP contribution in [-0.4, -0.2) is 47.4 Å². The van der Waals surface area contributed by atoms with Crippen molar-refractivity contribution in [3.63, 3.8) is 0 Å². The molecule has 0 aliphatic carbocycles. The molecule has 0 spiro atoms. The van der Waals surface area contributed by atoms with E-state index in [0.717, 1.165) is 38.5 Å².